The topological polar surface area (TPSA) is 81.5 Å². The van der Waals surface area contributed by atoms with Crippen molar-refractivity contribution in [3.8, 4) is 0 Å². The normalized spacial score (nSPS) is 17.1. The number of hydrogen-bond donors (Lipinski definition) is 0. The Labute approximate surface area is 206 Å². The number of aromatic nitrogens is 2. The Morgan fingerprint density at radius 2 is 1.71 bits per heavy atom. The van der Waals surface area contributed by atoms with Gasteiger partial charge in [-0.2, -0.15) is 9.40 Å². The van der Waals surface area contributed by atoms with Crippen molar-refractivity contribution in [2.75, 3.05) is 13.1 Å². The number of sulfonamides is 1. The monoisotopic (exact) mass is 493 g/mol. The molecule has 5 rings (SSSR count). The van der Waals surface area contributed by atoms with Crippen molar-refractivity contribution in [2.45, 2.75) is 56.6 Å². The largest absolute Gasteiger partial charge is 0.460 e. The van der Waals surface area contributed by atoms with Crippen LogP contribution >= 0.6 is 0 Å². The van der Waals surface area contributed by atoms with Gasteiger partial charge in [-0.3, -0.25) is 9.48 Å². The van der Waals surface area contributed by atoms with Crippen molar-refractivity contribution >= 4 is 16.0 Å². The Morgan fingerprint density at radius 1 is 0.971 bits per heavy atom. The molecule has 0 unspecified atom stereocenters. The minimum absolute atomic E-state index is 0.168. The number of piperidine rings is 1. The highest BCUT2D eigenvalue weighted by atomic mass is 32.2. The molecule has 1 fully saturated rings. The number of hydrogen-bond acceptors (Lipinski definition) is 5. The van der Waals surface area contributed by atoms with Crippen molar-refractivity contribution in [3.63, 3.8) is 0 Å². The van der Waals surface area contributed by atoms with E-state index in [0.717, 1.165) is 36.0 Å². The molecule has 1 aliphatic carbocycles. The second-order valence-electron chi connectivity index (χ2n) is 9.46. The standard InChI is InChI=1S/C27H31N3O4S/c31-27(34-20-22-17-28-29(19-22)18-21-6-2-1-3-7-21)24-12-14-30(15-13-24)35(32,33)26-11-10-23-8-4-5-9-25(23)16-26/h1-3,6-7,10-11,16-17,19,24H,4-5,8-9,12-15,18,20H2. The van der Waals surface area contributed by atoms with E-state index in [9.17, 15) is 13.2 Å². The van der Waals surface area contributed by atoms with E-state index in [1.54, 1.807) is 12.3 Å². The summed E-state index contributed by atoms with van der Waals surface area (Å²) in [6, 6.07) is 15.6. The summed E-state index contributed by atoms with van der Waals surface area (Å²) in [4.78, 5) is 13.0. The SMILES string of the molecule is O=C(OCc1cnn(Cc2ccccc2)c1)C1CCN(S(=O)(=O)c2ccc3c(c2)CCCC3)CC1. The predicted octanol–water partition coefficient (Wildman–Crippen LogP) is 3.95. The van der Waals surface area contributed by atoms with Gasteiger partial charge in [0.25, 0.3) is 0 Å². The Bertz CT molecular complexity index is 1280. The second-order valence-corrected chi connectivity index (χ2v) is 11.4. The van der Waals surface area contributed by atoms with Crippen LogP contribution in [-0.4, -0.2) is 41.6 Å². The fourth-order valence-electron chi connectivity index (χ4n) is 4.96. The van der Waals surface area contributed by atoms with E-state index in [2.05, 4.69) is 5.10 Å². The van der Waals surface area contributed by atoms with Crippen molar-refractivity contribution in [3.05, 3.63) is 83.2 Å². The predicted molar refractivity (Wildman–Crippen MR) is 132 cm³/mol. The van der Waals surface area contributed by atoms with Gasteiger partial charge in [0.05, 0.1) is 23.6 Å². The lowest BCUT2D eigenvalue weighted by Gasteiger charge is -2.30. The number of carbonyl (C=O) groups is 1. The zero-order valence-electron chi connectivity index (χ0n) is 19.8. The van der Waals surface area contributed by atoms with E-state index >= 15 is 0 Å². The third-order valence-electron chi connectivity index (χ3n) is 7.00. The summed E-state index contributed by atoms with van der Waals surface area (Å²) in [5, 5.41) is 4.35. The number of nitrogens with zero attached hydrogens (tertiary/aromatic N) is 3. The Kier molecular flexibility index (Phi) is 7.02. The first-order chi connectivity index (χ1) is 17.0. The quantitative estimate of drug-likeness (QED) is 0.466. The molecule has 0 bridgehead atoms. The number of aryl methyl sites for hydroxylation is 2. The van der Waals surface area contributed by atoms with E-state index < -0.39 is 10.0 Å². The van der Waals surface area contributed by atoms with Gasteiger partial charge < -0.3 is 4.74 Å². The summed E-state index contributed by atoms with van der Waals surface area (Å²) in [6.07, 6.45) is 8.77. The fraction of sp³-hybridized carbons (Fsp3) is 0.407. The number of benzene rings is 2. The zero-order chi connectivity index (χ0) is 24.3. The van der Waals surface area contributed by atoms with Crippen LogP contribution in [-0.2, 0) is 45.5 Å². The van der Waals surface area contributed by atoms with Crippen LogP contribution in [0.4, 0.5) is 0 Å². The van der Waals surface area contributed by atoms with Gasteiger partial charge in [-0.1, -0.05) is 36.4 Å². The summed E-state index contributed by atoms with van der Waals surface area (Å²) in [7, 11) is -3.55. The molecule has 3 aromatic rings. The van der Waals surface area contributed by atoms with Crippen LogP contribution in [0.25, 0.3) is 0 Å². The lowest BCUT2D eigenvalue weighted by atomic mass is 9.92. The van der Waals surface area contributed by atoms with E-state index in [1.807, 2.05) is 53.3 Å². The molecule has 0 spiro atoms. The van der Waals surface area contributed by atoms with Crippen molar-refractivity contribution in [1.29, 1.82) is 0 Å². The lowest BCUT2D eigenvalue weighted by molar-refractivity contribution is -0.151. The highest BCUT2D eigenvalue weighted by Crippen LogP contribution is 2.28. The maximum Gasteiger partial charge on any atom is 0.309 e. The Morgan fingerprint density at radius 3 is 2.49 bits per heavy atom. The van der Waals surface area contributed by atoms with E-state index in [4.69, 9.17) is 4.74 Å². The molecular formula is C27H31N3O4S. The molecule has 0 radical (unpaired) electrons. The van der Waals surface area contributed by atoms with Crippen LogP contribution in [0.3, 0.4) is 0 Å². The first-order valence-corrected chi connectivity index (χ1v) is 13.8. The minimum atomic E-state index is -3.55. The molecule has 184 valence electrons. The molecule has 2 aromatic carbocycles. The number of fused-ring (bicyclic) bond motifs is 1. The third kappa shape index (κ3) is 5.49. The average Bonchev–Trinajstić information content (AvgIpc) is 3.34. The van der Waals surface area contributed by atoms with Crippen molar-refractivity contribution in [1.82, 2.24) is 14.1 Å². The van der Waals surface area contributed by atoms with Crippen molar-refractivity contribution < 1.29 is 17.9 Å². The molecular weight excluding hydrogens is 462 g/mol. The van der Waals surface area contributed by atoms with Gasteiger partial charge in [-0.05, 0) is 67.3 Å². The van der Waals surface area contributed by atoms with Crippen LogP contribution in [0.2, 0.25) is 0 Å². The summed E-state index contributed by atoms with van der Waals surface area (Å²) >= 11 is 0. The average molecular weight is 494 g/mol. The summed E-state index contributed by atoms with van der Waals surface area (Å²) < 4.78 is 35.3. The molecule has 0 atom stereocenters. The smallest absolute Gasteiger partial charge is 0.309 e. The first kappa shape index (κ1) is 23.8. The fourth-order valence-corrected chi connectivity index (χ4v) is 6.48. The van der Waals surface area contributed by atoms with Crippen LogP contribution in [0.1, 0.15) is 47.9 Å². The van der Waals surface area contributed by atoms with Crippen LogP contribution in [0.15, 0.2) is 65.8 Å². The molecule has 35 heavy (non-hydrogen) atoms. The number of carbonyl (C=O) groups excluding carboxylic acids is 1. The summed E-state index contributed by atoms with van der Waals surface area (Å²) in [6.45, 7) is 1.48. The first-order valence-electron chi connectivity index (χ1n) is 12.3. The van der Waals surface area contributed by atoms with Gasteiger partial charge in [0.2, 0.25) is 10.0 Å². The van der Waals surface area contributed by atoms with E-state index in [-0.39, 0.29) is 18.5 Å². The third-order valence-corrected chi connectivity index (χ3v) is 8.89. The van der Waals surface area contributed by atoms with Gasteiger partial charge >= 0.3 is 5.97 Å². The number of esters is 1. The minimum Gasteiger partial charge on any atom is -0.460 e. The van der Waals surface area contributed by atoms with Gasteiger partial charge in [0.1, 0.15) is 6.61 Å². The van der Waals surface area contributed by atoms with Gasteiger partial charge in [0, 0.05) is 24.8 Å². The zero-order valence-corrected chi connectivity index (χ0v) is 20.6. The van der Waals surface area contributed by atoms with Crippen LogP contribution in [0.5, 0.6) is 0 Å². The molecule has 0 amide bonds. The van der Waals surface area contributed by atoms with Gasteiger partial charge in [0.15, 0.2) is 0 Å². The van der Waals surface area contributed by atoms with E-state index in [1.165, 1.54) is 16.3 Å². The molecule has 0 saturated carbocycles. The van der Waals surface area contributed by atoms with Gasteiger partial charge in [-0.15, -0.1) is 0 Å². The van der Waals surface area contributed by atoms with Gasteiger partial charge in [-0.25, -0.2) is 8.42 Å². The second kappa shape index (κ2) is 10.3. The number of ether oxygens (including phenoxy) is 1. The molecule has 7 nitrogen and oxygen atoms in total. The molecule has 2 aliphatic rings. The van der Waals surface area contributed by atoms with Crippen LogP contribution in [0, 0.1) is 5.92 Å². The molecule has 8 heteroatoms. The summed E-state index contributed by atoms with van der Waals surface area (Å²) in [5.74, 6) is -0.559. The molecule has 1 aromatic heterocycles. The highest BCUT2D eigenvalue weighted by Gasteiger charge is 2.33. The molecule has 2 heterocycles. The number of rotatable bonds is 7. The Balaban J connectivity index is 1.12. The maximum atomic E-state index is 13.2. The summed E-state index contributed by atoms with van der Waals surface area (Å²) in [5.41, 5.74) is 4.41. The van der Waals surface area contributed by atoms with Crippen LogP contribution < -0.4 is 0 Å². The molecule has 1 aliphatic heterocycles. The molecule has 0 N–H and O–H groups in total. The van der Waals surface area contributed by atoms with Crippen molar-refractivity contribution in [2.24, 2.45) is 5.92 Å². The van der Waals surface area contributed by atoms with E-state index in [0.29, 0.717) is 37.4 Å². The lowest BCUT2D eigenvalue weighted by Crippen LogP contribution is -2.40. The Hall–Kier alpha value is -2.97. The molecule has 1 saturated heterocycles. The highest BCUT2D eigenvalue weighted by molar-refractivity contribution is 7.89. The maximum absolute atomic E-state index is 13.2.